The second-order valence-electron chi connectivity index (χ2n) is 8.68. The number of aryl methyl sites for hydroxylation is 4. The van der Waals surface area contributed by atoms with Crippen molar-refractivity contribution in [3.8, 4) is 0 Å². The average molecular weight is 459 g/mol. The van der Waals surface area contributed by atoms with Gasteiger partial charge in [-0.15, -0.1) is 11.3 Å². The lowest BCUT2D eigenvalue weighted by Crippen LogP contribution is -2.30. The van der Waals surface area contributed by atoms with Gasteiger partial charge in [-0.2, -0.15) is 0 Å². The highest BCUT2D eigenvalue weighted by atomic mass is 32.1. The molecule has 0 unspecified atom stereocenters. The Labute approximate surface area is 196 Å². The molecule has 0 saturated heterocycles. The molecule has 5 rings (SSSR count). The highest BCUT2D eigenvalue weighted by Crippen LogP contribution is 2.30. The number of carbonyl (C=O) groups is 1. The molecule has 0 aliphatic carbocycles. The number of benzene rings is 2. The highest BCUT2D eigenvalue weighted by molar-refractivity contribution is 7.20. The standard InChI is InChI=1S/C26H26N4O2S/c1-15-10-11-19(16(2)13-15)27-25(32)23-17(3)22-24(31)28-21(29-26(22)33-23)14-30-12-6-8-18-7-4-5-9-20(18)30/h4-5,7,9-11,13H,6,8,12,14H2,1-3H3,(H,27,32)(H,28,29,31). The van der Waals surface area contributed by atoms with E-state index in [0.29, 0.717) is 33.0 Å². The van der Waals surface area contributed by atoms with E-state index in [2.05, 4.69) is 33.4 Å². The SMILES string of the molecule is Cc1ccc(NC(=O)c2sc3nc(CN4CCCc5ccccc54)[nH]c(=O)c3c2C)c(C)c1. The molecule has 6 nitrogen and oxygen atoms in total. The van der Waals surface area contributed by atoms with Crippen molar-refractivity contribution in [2.45, 2.75) is 40.2 Å². The fourth-order valence-corrected chi connectivity index (χ4v) is 5.67. The first-order valence-electron chi connectivity index (χ1n) is 11.1. The lowest BCUT2D eigenvalue weighted by molar-refractivity contribution is 0.103. The summed E-state index contributed by atoms with van der Waals surface area (Å²) in [4.78, 5) is 37.1. The monoisotopic (exact) mass is 458 g/mol. The Balaban J connectivity index is 1.45. The summed E-state index contributed by atoms with van der Waals surface area (Å²) in [6.45, 7) is 7.26. The minimum atomic E-state index is -0.214. The zero-order chi connectivity index (χ0) is 23.1. The number of H-pyrrole nitrogens is 1. The molecule has 0 atom stereocenters. The number of rotatable bonds is 4. The summed E-state index contributed by atoms with van der Waals surface area (Å²) in [7, 11) is 0. The van der Waals surface area contributed by atoms with Gasteiger partial charge in [-0.25, -0.2) is 4.98 Å². The normalized spacial score (nSPS) is 13.2. The van der Waals surface area contributed by atoms with Crippen LogP contribution in [0.15, 0.2) is 47.3 Å². The van der Waals surface area contributed by atoms with E-state index < -0.39 is 0 Å². The molecule has 1 aliphatic heterocycles. The largest absolute Gasteiger partial charge is 0.364 e. The number of para-hydroxylation sites is 1. The van der Waals surface area contributed by atoms with Gasteiger partial charge in [0, 0.05) is 17.9 Å². The minimum absolute atomic E-state index is 0.195. The zero-order valence-electron chi connectivity index (χ0n) is 19.0. The van der Waals surface area contributed by atoms with Gasteiger partial charge in [-0.05, 0) is 62.4 Å². The lowest BCUT2D eigenvalue weighted by Gasteiger charge is -2.30. The maximum Gasteiger partial charge on any atom is 0.266 e. The van der Waals surface area contributed by atoms with Gasteiger partial charge in [0.15, 0.2) is 0 Å². The first kappa shape index (κ1) is 21.4. The molecule has 2 aromatic heterocycles. The summed E-state index contributed by atoms with van der Waals surface area (Å²) < 4.78 is 0. The molecule has 33 heavy (non-hydrogen) atoms. The number of amides is 1. The molecule has 1 amide bonds. The van der Waals surface area contributed by atoms with Gasteiger partial charge in [0.1, 0.15) is 10.7 Å². The molecule has 0 spiro atoms. The quantitative estimate of drug-likeness (QED) is 0.445. The van der Waals surface area contributed by atoms with E-state index in [1.807, 2.05) is 45.0 Å². The van der Waals surface area contributed by atoms with E-state index >= 15 is 0 Å². The van der Waals surface area contributed by atoms with Crippen LogP contribution in [0.3, 0.4) is 0 Å². The Bertz CT molecular complexity index is 1440. The fourth-order valence-electron chi connectivity index (χ4n) is 4.57. The topological polar surface area (TPSA) is 78.1 Å². The van der Waals surface area contributed by atoms with Crippen LogP contribution in [0.5, 0.6) is 0 Å². The predicted molar refractivity (Wildman–Crippen MR) is 135 cm³/mol. The average Bonchev–Trinajstić information content (AvgIpc) is 3.13. The van der Waals surface area contributed by atoms with Crippen molar-refractivity contribution in [1.82, 2.24) is 9.97 Å². The molecule has 0 saturated carbocycles. The van der Waals surface area contributed by atoms with Gasteiger partial charge < -0.3 is 15.2 Å². The van der Waals surface area contributed by atoms with Crippen LogP contribution in [0.1, 0.15) is 44.2 Å². The van der Waals surface area contributed by atoms with Crippen molar-refractivity contribution in [2.75, 3.05) is 16.8 Å². The smallest absolute Gasteiger partial charge is 0.266 e. The number of nitrogens with zero attached hydrogens (tertiary/aromatic N) is 2. The Morgan fingerprint density at radius 3 is 2.82 bits per heavy atom. The molecule has 7 heteroatoms. The third-order valence-electron chi connectivity index (χ3n) is 6.23. The number of thiophene rings is 1. The number of aromatic amines is 1. The maximum atomic E-state index is 13.0. The first-order chi connectivity index (χ1) is 15.9. The lowest BCUT2D eigenvalue weighted by atomic mass is 10.0. The van der Waals surface area contributed by atoms with E-state index in [1.54, 1.807) is 0 Å². The van der Waals surface area contributed by atoms with Gasteiger partial charge >= 0.3 is 0 Å². The number of hydrogen-bond acceptors (Lipinski definition) is 5. The van der Waals surface area contributed by atoms with Crippen LogP contribution in [0, 0.1) is 20.8 Å². The Morgan fingerprint density at radius 1 is 1.18 bits per heavy atom. The van der Waals surface area contributed by atoms with Gasteiger partial charge in [0.05, 0.1) is 16.8 Å². The van der Waals surface area contributed by atoms with E-state index in [9.17, 15) is 9.59 Å². The van der Waals surface area contributed by atoms with Crippen LogP contribution in [-0.2, 0) is 13.0 Å². The third kappa shape index (κ3) is 4.04. The minimum Gasteiger partial charge on any atom is -0.364 e. The van der Waals surface area contributed by atoms with E-state index in [4.69, 9.17) is 4.98 Å². The molecule has 1 aliphatic rings. The summed E-state index contributed by atoms with van der Waals surface area (Å²) in [5.74, 6) is 0.403. The van der Waals surface area contributed by atoms with Crippen LogP contribution in [0.2, 0.25) is 0 Å². The molecule has 0 fully saturated rings. The molecule has 2 N–H and O–H groups in total. The van der Waals surface area contributed by atoms with Crippen LogP contribution in [0.4, 0.5) is 11.4 Å². The molecule has 2 aromatic carbocycles. The van der Waals surface area contributed by atoms with Gasteiger partial charge in [0.25, 0.3) is 11.5 Å². The zero-order valence-corrected chi connectivity index (χ0v) is 19.8. The Kier molecular flexibility index (Phi) is 5.50. The summed E-state index contributed by atoms with van der Waals surface area (Å²) in [5.41, 5.74) is 5.91. The molecule has 0 radical (unpaired) electrons. The number of hydrogen-bond donors (Lipinski definition) is 2. The third-order valence-corrected chi connectivity index (χ3v) is 7.42. The van der Waals surface area contributed by atoms with Gasteiger partial charge in [-0.1, -0.05) is 35.9 Å². The van der Waals surface area contributed by atoms with Crippen LogP contribution >= 0.6 is 11.3 Å². The summed E-state index contributed by atoms with van der Waals surface area (Å²) in [5, 5.41) is 3.48. The van der Waals surface area contributed by atoms with Gasteiger partial charge in [0.2, 0.25) is 0 Å². The van der Waals surface area contributed by atoms with Crippen LogP contribution in [0.25, 0.3) is 10.2 Å². The van der Waals surface area contributed by atoms with Crippen molar-refractivity contribution >= 4 is 38.8 Å². The number of nitrogens with one attached hydrogen (secondary N) is 2. The predicted octanol–water partition coefficient (Wildman–Crippen LogP) is 5.11. The van der Waals surface area contributed by atoms with Crippen molar-refractivity contribution in [3.63, 3.8) is 0 Å². The van der Waals surface area contributed by atoms with Crippen molar-refractivity contribution < 1.29 is 4.79 Å². The second kappa shape index (κ2) is 8.48. The van der Waals surface area contributed by atoms with Crippen molar-refractivity contribution in [3.05, 3.63) is 85.8 Å². The number of aromatic nitrogens is 2. The highest BCUT2D eigenvalue weighted by Gasteiger charge is 2.22. The Morgan fingerprint density at radius 2 is 2.00 bits per heavy atom. The molecular formula is C26H26N4O2S. The van der Waals surface area contributed by atoms with Gasteiger partial charge in [-0.3, -0.25) is 9.59 Å². The van der Waals surface area contributed by atoms with E-state index in [-0.39, 0.29) is 11.5 Å². The summed E-state index contributed by atoms with van der Waals surface area (Å²) in [6, 6.07) is 14.3. The number of carbonyl (C=O) groups excluding carboxylic acids is 1. The molecular weight excluding hydrogens is 432 g/mol. The van der Waals surface area contributed by atoms with Crippen LogP contribution < -0.4 is 15.8 Å². The van der Waals surface area contributed by atoms with Crippen LogP contribution in [-0.4, -0.2) is 22.4 Å². The second-order valence-corrected chi connectivity index (χ2v) is 9.67. The van der Waals surface area contributed by atoms with Crippen molar-refractivity contribution in [1.29, 1.82) is 0 Å². The molecule has 4 aromatic rings. The molecule has 168 valence electrons. The fraction of sp³-hybridized carbons (Fsp3) is 0.269. The van der Waals surface area contributed by atoms with E-state index in [0.717, 1.165) is 36.2 Å². The maximum absolute atomic E-state index is 13.0. The summed E-state index contributed by atoms with van der Waals surface area (Å²) >= 11 is 1.27. The number of anilines is 2. The Hall–Kier alpha value is -3.45. The molecule has 3 heterocycles. The summed E-state index contributed by atoms with van der Waals surface area (Å²) in [6.07, 6.45) is 2.14. The number of fused-ring (bicyclic) bond motifs is 2. The van der Waals surface area contributed by atoms with E-state index in [1.165, 1.54) is 22.6 Å². The van der Waals surface area contributed by atoms with Crippen molar-refractivity contribution in [2.24, 2.45) is 0 Å². The molecule has 0 bridgehead atoms. The first-order valence-corrected chi connectivity index (χ1v) is 12.0.